The monoisotopic (exact) mass is 304 g/mol. The minimum Gasteiger partial charge on any atom is -0.507 e. The summed E-state index contributed by atoms with van der Waals surface area (Å²) < 4.78 is 11.0. The van der Waals surface area contributed by atoms with Gasteiger partial charge >= 0.3 is 0 Å². The first-order valence-electron chi connectivity index (χ1n) is 7.66. The highest BCUT2D eigenvalue weighted by atomic mass is 16.5. The molecule has 2 N–H and O–H groups in total. The minimum atomic E-state index is -0.105. The summed E-state index contributed by atoms with van der Waals surface area (Å²) in [6.07, 6.45) is 4.16. The smallest absolute Gasteiger partial charge is 0.164 e. The molecule has 0 fully saturated rings. The van der Waals surface area contributed by atoms with Gasteiger partial charge in [-0.15, -0.1) is 0 Å². The number of hydrogen-bond donors (Lipinski definition) is 2. The summed E-state index contributed by atoms with van der Waals surface area (Å²) in [6, 6.07) is 5.29. The zero-order valence-corrected chi connectivity index (χ0v) is 13.5. The van der Waals surface area contributed by atoms with Gasteiger partial charge in [-0.2, -0.15) is 0 Å². The quantitative estimate of drug-likeness (QED) is 0.764. The van der Waals surface area contributed by atoms with Crippen LogP contribution in [0.5, 0.6) is 17.2 Å². The van der Waals surface area contributed by atoms with E-state index in [-0.39, 0.29) is 12.4 Å². The lowest BCUT2D eigenvalue weighted by Crippen LogP contribution is -1.99. The van der Waals surface area contributed by atoms with Gasteiger partial charge in [0.15, 0.2) is 11.5 Å². The predicted molar refractivity (Wildman–Crippen MR) is 87.9 cm³/mol. The predicted octanol–water partition coefficient (Wildman–Crippen LogP) is 3.79. The van der Waals surface area contributed by atoms with Crippen molar-refractivity contribution in [2.24, 2.45) is 0 Å². The molecule has 0 aliphatic rings. The van der Waals surface area contributed by atoms with E-state index in [1.165, 1.54) is 0 Å². The van der Waals surface area contributed by atoms with Crippen LogP contribution in [-0.4, -0.2) is 24.4 Å². The van der Waals surface area contributed by atoms with Crippen molar-refractivity contribution >= 4 is 10.8 Å². The van der Waals surface area contributed by atoms with Crippen LogP contribution < -0.4 is 9.47 Å². The number of aromatic hydroxyl groups is 1. The van der Waals surface area contributed by atoms with E-state index in [9.17, 15) is 10.2 Å². The summed E-state index contributed by atoms with van der Waals surface area (Å²) in [5, 5.41) is 21.3. The third kappa shape index (κ3) is 3.12. The summed E-state index contributed by atoms with van der Waals surface area (Å²) in [5.74, 6) is 1.48. The Morgan fingerprint density at radius 3 is 2.36 bits per heavy atom. The molecule has 4 heteroatoms. The molecule has 0 radical (unpaired) electrons. The highest BCUT2D eigenvalue weighted by Gasteiger charge is 2.17. The van der Waals surface area contributed by atoms with Crippen molar-refractivity contribution in [2.45, 2.75) is 39.2 Å². The van der Waals surface area contributed by atoms with Crippen LogP contribution in [0.2, 0.25) is 0 Å². The van der Waals surface area contributed by atoms with Crippen LogP contribution in [0.4, 0.5) is 0 Å². The van der Waals surface area contributed by atoms with Gasteiger partial charge in [-0.3, -0.25) is 0 Å². The molecule has 0 amide bonds. The van der Waals surface area contributed by atoms with Crippen molar-refractivity contribution in [3.8, 4) is 17.2 Å². The Morgan fingerprint density at radius 1 is 1.00 bits per heavy atom. The van der Waals surface area contributed by atoms with Crippen molar-refractivity contribution < 1.29 is 19.7 Å². The summed E-state index contributed by atoms with van der Waals surface area (Å²) in [5.41, 5.74) is 1.71. The van der Waals surface area contributed by atoms with Crippen LogP contribution in [0.15, 0.2) is 18.2 Å². The zero-order chi connectivity index (χ0) is 16.1. The number of aryl methyl sites for hydroxylation is 1. The minimum absolute atomic E-state index is 0.105. The Balaban J connectivity index is 2.69. The fourth-order valence-corrected chi connectivity index (χ4v) is 2.83. The number of phenols is 1. The average Bonchev–Trinajstić information content (AvgIpc) is 2.54. The largest absolute Gasteiger partial charge is 0.507 e. The molecule has 2 rings (SSSR count). The second-order valence-electron chi connectivity index (χ2n) is 5.42. The molecule has 0 atom stereocenters. The molecule has 0 aliphatic heterocycles. The van der Waals surface area contributed by atoms with Crippen LogP contribution in [0.25, 0.3) is 10.8 Å². The highest BCUT2D eigenvalue weighted by Crippen LogP contribution is 2.41. The van der Waals surface area contributed by atoms with Gasteiger partial charge in [0, 0.05) is 10.9 Å². The first-order chi connectivity index (χ1) is 10.7. The first-order valence-corrected chi connectivity index (χ1v) is 7.66. The summed E-state index contributed by atoms with van der Waals surface area (Å²) >= 11 is 0. The van der Waals surface area contributed by atoms with Gasteiger partial charge in [-0.05, 0) is 42.0 Å². The molecule has 0 bridgehead atoms. The van der Waals surface area contributed by atoms with Gasteiger partial charge < -0.3 is 19.7 Å². The molecule has 2 aromatic carbocycles. The molecular formula is C18H24O4. The van der Waals surface area contributed by atoms with Gasteiger partial charge in [0.05, 0.1) is 20.8 Å². The molecular weight excluding hydrogens is 280 g/mol. The second kappa shape index (κ2) is 7.36. The fourth-order valence-electron chi connectivity index (χ4n) is 2.83. The van der Waals surface area contributed by atoms with Crippen LogP contribution >= 0.6 is 0 Å². The van der Waals surface area contributed by atoms with Crippen LogP contribution in [0.1, 0.15) is 37.3 Å². The maximum atomic E-state index is 10.3. The van der Waals surface area contributed by atoms with Gasteiger partial charge in [0.1, 0.15) is 5.75 Å². The van der Waals surface area contributed by atoms with E-state index in [0.717, 1.165) is 42.0 Å². The van der Waals surface area contributed by atoms with E-state index < -0.39 is 0 Å². The Kier molecular flexibility index (Phi) is 5.50. The van der Waals surface area contributed by atoms with Gasteiger partial charge in [-0.1, -0.05) is 19.8 Å². The number of aliphatic hydroxyl groups is 1. The van der Waals surface area contributed by atoms with E-state index in [0.29, 0.717) is 17.1 Å². The van der Waals surface area contributed by atoms with E-state index in [2.05, 4.69) is 6.92 Å². The van der Waals surface area contributed by atoms with Crippen molar-refractivity contribution in [3.05, 3.63) is 29.3 Å². The lowest BCUT2D eigenvalue weighted by atomic mass is 9.95. The number of hydrogen-bond acceptors (Lipinski definition) is 4. The maximum absolute atomic E-state index is 10.3. The van der Waals surface area contributed by atoms with Crippen molar-refractivity contribution in [1.82, 2.24) is 0 Å². The SMILES string of the molecule is CCCCCc1c(OC)c(OC)cc2c(O)cc(CO)cc12. The Bertz CT molecular complexity index is 649. The third-order valence-corrected chi connectivity index (χ3v) is 3.95. The number of aliphatic hydroxyl groups excluding tert-OH is 1. The van der Waals surface area contributed by atoms with E-state index in [1.807, 2.05) is 6.07 Å². The standard InChI is InChI=1S/C18H24O4/c1-4-5-6-7-13-14-8-12(11-19)9-16(20)15(14)10-17(21-2)18(13)22-3/h8-10,19-20H,4-7,11H2,1-3H3. The summed E-state index contributed by atoms with van der Waals surface area (Å²) in [6.45, 7) is 2.06. The van der Waals surface area contributed by atoms with Crippen molar-refractivity contribution in [1.29, 1.82) is 0 Å². The van der Waals surface area contributed by atoms with Crippen molar-refractivity contribution in [3.63, 3.8) is 0 Å². The molecule has 0 heterocycles. The first kappa shape index (κ1) is 16.4. The van der Waals surface area contributed by atoms with Gasteiger partial charge in [-0.25, -0.2) is 0 Å². The van der Waals surface area contributed by atoms with Gasteiger partial charge in [0.2, 0.25) is 0 Å². The van der Waals surface area contributed by atoms with E-state index >= 15 is 0 Å². The summed E-state index contributed by atoms with van der Waals surface area (Å²) in [4.78, 5) is 0. The van der Waals surface area contributed by atoms with Gasteiger partial charge in [0.25, 0.3) is 0 Å². The number of benzene rings is 2. The Hall–Kier alpha value is -1.94. The molecule has 120 valence electrons. The molecule has 0 saturated heterocycles. The second-order valence-corrected chi connectivity index (χ2v) is 5.42. The topological polar surface area (TPSA) is 58.9 Å². The number of methoxy groups -OCH3 is 2. The Morgan fingerprint density at radius 2 is 1.77 bits per heavy atom. The molecule has 0 unspecified atom stereocenters. The molecule has 0 aliphatic carbocycles. The number of unbranched alkanes of at least 4 members (excludes halogenated alkanes) is 2. The van der Waals surface area contributed by atoms with E-state index in [4.69, 9.17) is 9.47 Å². The molecule has 22 heavy (non-hydrogen) atoms. The van der Waals surface area contributed by atoms with Crippen molar-refractivity contribution in [2.75, 3.05) is 14.2 Å². The number of fused-ring (bicyclic) bond motifs is 1. The fraction of sp³-hybridized carbons (Fsp3) is 0.444. The number of phenolic OH excluding ortho intramolecular Hbond substituents is 1. The molecule has 2 aromatic rings. The lowest BCUT2D eigenvalue weighted by molar-refractivity contribution is 0.281. The number of rotatable bonds is 7. The number of ether oxygens (including phenoxy) is 2. The van der Waals surface area contributed by atoms with Crippen LogP contribution in [0, 0.1) is 0 Å². The van der Waals surface area contributed by atoms with Crippen LogP contribution in [-0.2, 0) is 13.0 Å². The molecule has 0 aromatic heterocycles. The lowest BCUT2D eigenvalue weighted by Gasteiger charge is -2.17. The normalized spacial score (nSPS) is 10.9. The Labute approximate surface area is 131 Å². The highest BCUT2D eigenvalue weighted by molar-refractivity contribution is 5.95. The third-order valence-electron chi connectivity index (χ3n) is 3.95. The average molecular weight is 304 g/mol. The maximum Gasteiger partial charge on any atom is 0.164 e. The molecule has 0 saturated carbocycles. The zero-order valence-electron chi connectivity index (χ0n) is 13.5. The molecule has 4 nitrogen and oxygen atoms in total. The molecule has 0 spiro atoms. The van der Waals surface area contributed by atoms with E-state index in [1.54, 1.807) is 26.4 Å². The summed E-state index contributed by atoms with van der Waals surface area (Å²) in [7, 11) is 3.22. The van der Waals surface area contributed by atoms with Crippen LogP contribution in [0.3, 0.4) is 0 Å².